The zero-order valence-corrected chi connectivity index (χ0v) is 22.2. The zero-order chi connectivity index (χ0) is 25.6. The van der Waals surface area contributed by atoms with Crippen molar-refractivity contribution in [2.75, 3.05) is 19.6 Å². The molecular formula is C32H43N3O2. The lowest BCUT2D eigenvalue weighted by atomic mass is 9.91. The third kappa shape index (κ3) is 6.45. The van der Waals surface area contributed by atoms with E-state index in [2.05, 4.69) is 27.8 Å². The van der Waals surface area contributed by atoms with E-state index in [0.717, 1.165) is 50.1 Å². The number of phenols is 1. The summed E-state index contributed by atoms with van der Waals surface area (Å²) in [5.74, 6) is 0.273. The molecular weight excluding hydrogens is 458 g/mol. The molecule has 5 rings (SSSR count). The summed E-state index contributed by atoms with van der Waals surface area (Å²) in [5.41, 5.74) is 3.95. The van der Waals surface area contributed by atoms with Crippen LogP contribution < -0.4 is 5.32 Å². The van der Waals surface area contributed by atoms with Crippen molar-refractivity contribution >= 4 is 5.91 Å². The van der Waals surface area contributed by atoms with E-state index in [9.17, 15) is 9.90 Å². The van der Waals surface area contributed by atoms with E-state index >= 15 is 0 Å². The number of fused-ring (bicyclic) bond motifs is 2. The second-order valence-electron chi connectivity index (χ2n) is 11.3. The Morgan fingerprint density at radius 1 is 0.973 bits per heavy atom. The van der Waals surface area contributed by atoms with Gasteiger partial charge < -0.3 is 10.4 Å². The van der Waals surface area contributed by atoms with Gasteiger partial charge in [0.25, 0.3) is 5.91 Å². The fraction of sp³-hybridized carbons (Fsp3) is 0.531. The van der Waals surface area contributed by atoms with Crippen LogP contribution in [0.1, 0.15) is 80.1 Å². The lowest BCUT2D eigenvalue weighted by molar-refractivity contribution is 0.0787. The molecule has 0 aromatic heterocycles. The molecule has 2 aliphatic heterocycles. The molecule has 2 unspecified atom stereocenters. The normalized spacial score (nSPS) is 23.7. The number of nitrogens with zero attached hydrogens (tertiary/aromatic N) is 2. The van der Waals surface area contributed by atoms with E-state index in [4.69, 9.17) is 0 Å². The first-order valence-electron chi connectivity index (χ1n) is 14.4. The number of piperidine rings is 1. The Morgan fingerprint density at radius 2 is 1.78 bits per heavy atom. The van der Waals surface area contributed by atoms with Crippen molar-refractivity contribution in [1.82, 2.24) is 15.1 Å². The maximum absolute atomic E-state index is 13.3. The molecule has 0 spiro atoms. The molecule has 2 aromatic rings. The topological polar surface area (TPSA) is 55.8 Å². The van der Waals surface area contributed by atoms with E-state index in [1.807, 2.05) is 36.4 Å². The van der Waals surface area contributed by atoms with Gasteiger partial charge in [-0.2, -0.15) is 0 Å². The molecule has 2 aromatic carbocycles. The molecule has 3 aliphatic rings. The molecule has 2 bridgehead atoms. The number of amides is 1. The standard InChI is InChI=1S/C32H43N3O2/c1-2-18-34-19-17-28-12-8-13-29(23-34)35(28)22-26-16-15-25(21-31(26)24-9-7-14-30(36)20-24)32(37)33-27-10-5-3-4-6-11-27/h2,7,9,14-16,20-21,27-29,36H,1,3-6,8,10-13,17-19,22-23H2,(H,33,37). The van der Waals surface area contributed by atoms with Crippen LogP contribution in [0.3, 0.4) is 0 Å². The number of phenolic OH excluding ortho intramolecular Hbond substituents is 1. The van der Waals surface area contributed by atoms with Crippen LogP contribution in [0.5, 0.6) is 5.75 Å². The molecule has 5 heteroatoms. The summed E-state index contributed by atoms with van der Waals surface area (Å²) in [7, 11) is 0. The molecule has 3 fully saturated rings. The van der Waals surface area contributed by atoms with Crippen LogP contribution in [0.4, 0.5) is 0 Å². The fourth-order valence-electron chi connectivity index (χ4n) is 6.74. The van der Waals surface area contributed by atoms with Gasteiger partial charge >= 0.3 is 0 Å². The summed E-state index contributed by atoms with van der Waals surface area (Å²) in [4.78, 5) is 18.6. The molecule has 198 valence electrons. The fourth-order valence-corrected chi connectivity index (χ4v) is 6.74. The van der Waals surface area contributed by atoms with Crippen molar-refractivity contribution in [2.24, 2.45) is 0 Å². The Morgan fingerprint density at radius 3 is 2.57 bits per heavy atom. The third-order valence-corrected chi connectivity index (χ3v) is 8.72. The van der Waals surface area contributed by atoms with Gasteiger partial charge in [0.1, 0.15) is 5.75 Å². The predicted octanol–water partition coefficient (Wildman–Crippen LogP) is 6.13. The summed E-state index contributed by atoms with van der Waals surface area (Å²) in [6.07, 6.45) is 14.1. The van der Waals surface area contributed by atoms with Gasteiger partial charge in [-0.1, -0.05) is 56.4 Å². The van der Waals surface area contributed by atoms with Crippen molar-refractivity contribution in [3.05, 3.63) is 66.2 Å². The number of carbonyl (C=O) groups is 1. The quantitative estimate of drug-likeness (QED) is 0.354. The minimum atomic E-state index is 0.0200. The van der Waals surface area contributed by atoms with Crippen LogP contribution in [-0.4, -0.2) is 58.6 Å². The van der Waals surface area contributed by atoms with Crippen LogP contribution in [0.15, 0.2) is 55.1 Å². The maximum atomic E-state index is 13.3. The molecule has 1 saturated carbocycles. The van der Waals surface area contributed by atoms with E-state index in [1.54, 1.807) is 6.07 Å². The van der Waals surface area contributed by atoms with Gasteiger partial charge in [0.05, 0.1) is 0 Å². The first-order chi connectivity index (χ1) is 18.1. The molecule has 2 heterocycles. The molecule has 5 nitrogen and oxygen atoms in total. The van der Waals surface area contributed by atoms with Crippen LogP contribution >= 0.6 is 0 Å². The lowest BCUT2D eigenvalue weighted by Crippen LogP contribution is -2.47. The number of nitrogens with one attached hydrogen (secondary N) is 1. The second-order valence-corrected chi connectivity index (χ2v) is 11.3. The highest BCUT2D eigenvalue weighted by atomic mass is 16.3. The smallest absolute Gasteiger partial charge is 0.251 e. The van der Waals surface area contributed by atoms with Crippen molar-refractivity contribution in [1.29, 1.82) is 0 Å². The molecule has 0 radical (unpaired) electrons. The summed E-state index contributed by atoms with van der Waals surface area (Å²) in [6, 6.07) is 15.1. The van der Waals surface area contributed by atoms with Crippen molar-refractivity contribution in [2.45, 2.75) is 88.9 Å². The van der Waals surface area contributed by atoms with Gasteiger partial charge in [0, 0.05) is 49.9 Å². The SMILES string of the molecule is C=CCN1CCC2CCCC(C1)N2Cc1ccc(C(=O)NC2CCCCCC2)cc1-c1cccc(O)c1. The summed E-state index contributed by atoms with van der Waals surface area (Å²) >= 11 is 0. The van der Waals surface area contributed by atoms with Crippen molar-refractivity contribution in [3.8, 4) is 16.9 Å². The molecule has 1 aliphatic carbocycles. The monoisotopic (exact) mass is 501 g/mol. The van der Waals surface area contributed by atoms with Gasteiger partial charge in [-0.25, -0.2) is 0 Å². The van der Waals surface area contributed by atoms with Gasteiger partial charge in [-0.05, 0) is 73.1 Å². The van der Waals surface area contributed by atoms with Gasteiger partial charge in [0.15, 0.2) is 0 Å². The van der Waals surface area contributed by atoms with E-state index in [1.165, 1.54) is 56.9 Å². The van der Waals surface area contributed by atoms with E-state index < -0.39 is 0 Å². The number of carbonyl (C=O) groups excluding carboxylic acids is 1. The Labute approximate surface area is 222 Å². The third-order valence-electron chi connectivity index (χ3n) is 8.72. The zero-order valence-electron chi connectivity index (χ0n) is 22.2. The van der Waals surface area contributed by atoms with Crippen LogP contribution in [0.2, 0.25) is 0 Å². The lowest BCUT2D eigenvalue weighted by Gasteiger charge is -2.41. The maximum Gasteiger partial charge on any atom is 0.251 e. The summed E-state index contributed by atoms with van der Waals surface area (Å²) < 4.78 is 0. The highest BCUT2D eigenvalue weighted by molar-refractivity contribution is 5.96. The molecule has 37 heavy (non-hydrogen) atoms. The largest absolute Gasteiger partial charge is 0.508 e. The number of aromatic hydroxyl groups is 1. The average Bonchev–Trinajstić information content (AvgIpc) is 3.20. The predicted molar refractivity (Wildman–Crippen MR) is 151 cm³/mol. The minimum Gasteiger partial charge on any atom is -0.508 e. The van der Waals surface area contributed by atoms with Crippen LogP contribution in [0.25, 0.3) is 11.1 Å². The van der Waals surface area contributed by atoms with E-state index in [-0.39, 0.29) is 17.7 Å². The summed E-state index contributed by atoms with van der Waals surface area (Å²) in [5, 5.41) is 13.6. The van der Waals surface area contributed by atoms with Crippen LogP contribution in [-0.2, 0) is 6.54 Å². The van der Waals surface area contributed by atoms with Gasteiger partial charge in [0.2, 0.25) is 0 Å². The van der Waals surface area contributed by atoms with Crippen molar-refractivity contribution < 1.29 is 9.90 Å². The Balaban J connectivity index is 1.42. The van der Waals surface area contributed by atoms with Gasteiger partial charge in [-0.3, -0.25) is 14.6 Å². The Bertz CT molecular complexity index is 1080. The second kappa shape index (κ2) is 12.3. The number of hydrogen-bond acceptors (Lipinski definition) is 4. The molecule has 1 amide bonds. The average molecular weight is 502 g/mol. The van der Waals surface area contributed by atoms with Crippen molar-refractivity contribution in [3.63, 3.8) is 0 Å². The highest BCUT2D eigenvalue weighted by Crippen LogP contribution is 2.34. The Kier molecular flexibility index (Phi) is 8.62. The van der Waals surface area contributed by atoms with Crippen LogP contribution in [0, 0.1) is 0 Å². The molecule has 2 N–H and O–H groups in total. The number of hydrogen-bond donors (Lipinski definition) is 2. The minimum absolute atomic E-state index is 0.0200. The Hall–Kier alpha value is -2.63. The molecule has 2 atom stereocenters. The highest BCUT2D eigenvalue weighted by Gasteiger charge is 2.34. The number of benzene rings is 2. The van der Waals surface area contributed by atoms with E-state index in [0.29, 0.717) is 17.6 Å². The number of rotatable bonds is 7. The van der Waals surface area contributed by atoms with Gasteiger partial charge in [-0.15, -0.1) is 6.58 Å². The first-order valence-corrected chi connectivity index (χ1v) is 14.4. The first kappa shape index (κ1) is 26.0. The molecule has 2 saturated heterocycles. The summed E-state index contributed by atoms with van der Waals surface area (Å²) in [6.45, 7) is 8.01.